The number of carbonyl (C=O) groups is 1. The molecule has 1 atom stereocenters. The predicted octanol–water partition coefficient (Wildman–Crippen LogP) is 2.56. The van der Waals surface area contributed by atoms with Crippen LogP contribution in [0.1, 0.15) is 44.1 Å². The van der Waals surface area contributed by atoms with Crippen LogP contribution < -0.4 is 10.3 Å². The van der Waals surface area contributed by atoms with Crippen LogP contribution in [-0.4, -0.2) is 69.8 Å². The Morgan fingerprint density at radius 3 is 2.58 bits per heavy atom. The van der Waals surface area contributed by atoms with Gasteiger partial charge in [-0.1, -0.05) is 19.4 Å². The molecular formula is C24H34N4O5. The molecule has 2 heterocycles. The molecule has 33 heavy (non-hydrogen) atoms. The summed E-state index contributed by atoms with van der Waals surface area (Å²) in [4.78, 5) is 28.6. The van der Waals surface area contributed by atoms with Gasteiger partial charge in [-0.25, -0.2) is 4.68 Å². The first-order valence-corrected chi connectivity index (χ1v) is 11.5. The summed E-state index contributed by atoms with van der Waals surface area (Å²) in [5.41, 5.74) is 0.897. The van der Waals surface area contributed by atoms with Crippen molar-refractivity contribution in [1.29, 1.82) is 0 Å². The third-order valence-electron chi connectivity index (χ3n) is 5.89. The molecule has 3 aromatic rings. The highest BCUT2D eigenvalue weighted by Gasteiger charge is 2.27. The average molecular weight is 459 g/mol. The van der Waals surface area contributed by atoms with E-state index in [1.807, 2.05) is 26.0 Å². The third-order valence-corrected chi connectivity index (χ3v) is 5.89. The molecule has 0 bridgehead atoms. The molecule has 180 valence electrons. The van der Waals surface area contributed by atoms with Crippen LogP contribution in [0.4, 0.5) is 0 Å². The summed E-state index contributed by atoms with van der Waals surface area (Å²) in [6, 6.07) is 5.52. The van der Waals surface area contributed by atoms with E-state index in [1.54, 1.807) is 29.7 Å². The van der Waals surface area contributed by atoms with E-state index in [0.717, 1.165) is 18.4 Å². The number of aryl methyl sites for hydroxylation is 1. The van der Waals surface area contributed by atoms with Crippen LogP contribution in [0.3, 0.4) is 0 Å². The zero-order valence-corrected chi connectivity index (χ0v) is 20.1. The highest BCUT2D eigenvalue weighted by Crippen LogP contribution is 2.35. The number of aliphatic hydroxyl groups excluding tert-OH is 1. The van der Waals surface area contributed by atoms with Gasteiger partial charge in [0.15, 0.2) is 5.69 Å². The molecule has 9 heteroatoms. The summed E-state index contributed by atoms with van der Waals surface area (Å²) in [5, 5.41) is 16.1. The van der Waals surface area contributed by atoms with Gasteiger partial charge in [0.2, 0.25) is 0 Å². The van der Waals surface area contributed by atoms with Crippen molar-refractivity contribution in [1.82, 2.24) is 19.2 Å². The summed E-state index contributed by atoms with van der Waals surface area (Å²) >= 11 is 0. The Morgan fingerprint density at radius 1 is 1.21 bits per heavy atom. The Hall–Kier alpha value is -2.91. The van der Waals surface area contributed by atoms with Crippen molar-refractivity contribution in [2.75, 3.05) is 33.4 Å². The van der Waals surface area contributed by atoms with E-state index < -0.39 is 6.10 Å². The highest BCUT2D eigenvalue weighted by atomic mass is 16.5. The topological polar surface area (TPSA) is 98.8 Å². The maximum absolute atomic E-state index is 13.5. The van der Waals surface area contributed by atoms with E-state index in [-0.39, 0.29) is 30.3 Å². The number of unbranched alkanes of at least 4 members (excludes halogenated alkanes) is 1. The van der Waals surface area contributed by atoms with Gasteiger partial charge >= 0.3 is 0 Å². The quantitative estimate of drug-likeness (QED) is 0.444. The lowest BCUT2D eigenvalue weighted by Crippen LogP contribution is -2.36. The van der Waals surface area contributed by atoms with E-state index in [1.165, 1.54) is 4.68 Å². The molecule has 1 amide bonds. The Morgan fingerprint density at radius 2 is 1.94 bits per heavy atom. The van der Waals surface area contributed by atoms with Gasteiger partial charge in [-0.3, -0.25) is 9.59 Å². The molecule has 0 aliphatic rings. The van der Waals surface area contributed by atoms with Gasteiger partial charge in [0.25, 0.3) is 11.5 Å². The number of methoxy groups -OCH3 is 1. The van der Waals surface area contributed by atoms with Crippen LogP contribution in [0.5, 0.6) is 5.75 Å². The number of aliphatic hydroxyl groups is 1. The van der Waals surface area contributed by atoms with Gasteiger partial charge in [0.05, 0.1) is 42.7 Å². The van der Waals surface area contributed by atoms with Crippen LogP contribution in [0.15, 0.2) is 23.0 Å². The third kappa shape index (κ3) is 4.74. The molecule has 2 aromatic heterocycles. The van der Waals surface area contributed by atoms with Crippen molar-refractivity contribution in [3.05, 3.63) is 34.2 Å². The summed E-state index contributed by atoms with van der Waals surface area (Å²) in [7, 11) is 3.34. The second kappa shape index (κ2) is 10.8. The molecule has 1 N–H and O–H groups in total. The summed E-state index contributed by atoms with van der Waals surface area (Å²) < 4.78 is 14.0. The molecule has 1 unspecified atom stereocenters. The predicted molar refractivity (Wildman–Crippen MR) is 128 cm³/mol. The zero-order chi connectivity index (χ0) is 24.1. The SMILES string of the molecule is CCCCOCC(O)Cn1nc(C(=O)N(CC)CC)c2c3c(OC)cccc3n(C)c2c1=O. The Balaban J connectivity index is 2.22. The van der Waals surface area contributed by atoms with Crippen LogP contribution in [0.25, 0.3) is 21.8 Å². The van der Waals surface area contributed by atoms with Crippen molar-refractivity contribution in [2.45, 2.75) is 46.3 Å². The van der Waals surface area contributed by atoms with Crippen molar-refractivity contribution in [2.24, 2.45) is 7.05 Å². The maximum Gasteiger partial charge on any atom is 0.291 e. The number of ether oxygens (including phenoxy) is 2. The fourth-order valence-corrected chi connectivity index (χ4v) is 4.10. The van der Waals surface area contributed by atoms with E-state index in [2.05, 4.69) is 12.0 Å². The second-order valence-electron chi connectivity index (χ2n) is 8.03. The zero-order valence-electron chi connectivity index (χ0n) is 20.1. The summed E-state index contributed by atoms with van der Waals surface area (Å²) in [6.07, 6.45) is 0.969. The van der Waals surface area contributed by atoms with Gasteiger partial charge in [-0.2, -0.15) is 5.10 Å². The largest absolute Gasteiger partial charge is 0.496 e. The molecule has 9 nitrogen and oxygen atoms in total. The number of nitrogens with zero attached hydrogens (tertiary/aromatic N) is 4. The lowest BCUT2D eigenvalue weighted by atomic mass is 10.1. The maximum atomic E-state index is 13.5. The standard InChI is InChI=1S/C24H34N4O5/c1-6-9-13-33-15-16(29)14-28-24(31)22-20(21(25-28)23(30)27(7-2)8-3)19-17(26(22)4)11-10-12-18(19)32-5/h10-12,16,29H,6-9,13-15H2,1-5H3. The molecule has 3 rings (SSSR count). The summed E-state index contributed by atoms with van der Waals surface area (Å²) in [6.45, 7) is 7.44. The fraction of sp³-hybridized carbons (Fsp3) is 0.542. The van der Waals surface area contributed by atoms with Crippen molar-refractivity contribution in [3.63, 3.8) is 0 Å². The van der Waals surface area contributed by atoms with E-state index >= 15 is 0 Å². The van der Waals surface area contributed by atoms with E-state index in [9.17, 15) is 14.7 Å². The second-order valence-corrected chi connectivity index (χ2v) is 8.03. The first-order chi connectivity index (χ1) is 15.9. The molecule has 0 saturated heterocycles. The van der Waals surface area contributed by atoms with Crippen molar-refractivity contribution < 1.29 is 19.4 Å². The molecule has 1 aromatic carbocycles. The minimum absolute atomic E-state index is 0.0713. The Kier molecular flexibility index (Phi) is 8.10. The summed E-state index contributed by atoms with van der Waals surface area (Å²) in [5.74, 6) is 0.292. The molecule has 0 saturated carbocycles. The van der Waals surface area contributed by atoms with E-state index in [0.29, 0.717) is 41.7 Å². The molecule has 0 fully saturated rings. The van der Waals surface area contributed by atoms with E-state index in [4.69, 9.17) is 9.47 Å². The minimum Gasteiger partial charge on any atom is -0.496 e. The first kappa shape index (κ1) is 24.7. The number of aromatic nitrogens is 3. The number of hydrogen-bond donors (Lipinski definition) is 1. The number of amides is 1. The molecular weight excluding hydrogens is 424 g/mol. The lowest BCUT2D eigenvalue weighted by molar-refractivity contribution is 0.0245. The van der Waals surface area contributed by atoms with Crippen LogP contribution >= 0.6 is 0 Å². The fourth-order valence-electron chi connectivity index (χ4n) is 4.10. The first-order valence-electron chi connectivity index (χ1n) is 11.5. The molecule has 0 radical (unpaired) electrons. The Bertz CT molecular complexity index is 1180. The smallest absolute Gasteiger partial charge is 0.291 e. The number of fused-ring (bicyclic) bond motifs is 3. The number of carbonyl (C=O) groups excluding carboxylic acids is 1. The van der Waals surface area contributed by atoms with Crippen molar-refractivity contribution in [3.8, 4) is 5.75 Å². The Labute approximate surface area is 193 Å². The highest BCUT2D eigenvalue weighted by molar-refractivity contribution is 6.18. The molecule has 0 aliphatic heterocycles. The van der Waals surface area contributed by atoms with Gasteiger partial charge < -0.3 is 24.0 Å². The van der Waals surface area contributed by atoms with Gasteiger partial charge in [0.1, 0.15) is 11.3 Å². The normalized spacial score (nSPS) is 12.4. The number of benzene rings is 1. The van der Waals surface area contributed by atoms with Crippen LogP contribution in [0, 0.1) is 0 Å². The van der Waals surface area contributed by atoms with Crippen LogP contribution in [0.2, 0.25) is 0 Å². The lowest BCUT2D eigenvalue weighted by Gasteiger charge is -2.20. The number of rotatable bonds is 11. The van der Waals surface area contributed by atoms with Crippen molar-refractivity contribution >= 4 is 27.7 Å². The van der Waals surface area contributed by atoms with Gasteiger partial charge in [0, 0.05) is 26.7 Å². The molecule has 0 aliphatic carbocycles. The van der Waals surface area contributed by atoms with Gasteiger partial charge in [-0.05, 0) is 32.4 Å². The van der Waals surface area contributed by atoms with Gasteiger partial charge in [-0.15, -0.1) is 0 Å². The average Bonchev–Trinajstić information content (AvgIpc) is 3.12. The molecule has 0 spiro atoms. The monoisotopic (exact) mass is 458 g/mol. The van der Waals surface area contributed by atoms with Crippen LogP contribution in [-0.2, 0) is 18.3 Å². The number of hydrogen-bond acceptors (Lipinski definition) is 6. The minimum atomic E-state index is -0.926.